The molecule has 1 heterocycles. The molecule has 120 valence electrons. The van der Waals surface area contributed by atoms with E-state index < -0.39 is 0 Å². The lowest BCUT2D eigenvalue weighted by molar-refractivity contribution is -0.142. The van der Waals surface area contributed by atoms with Crippen molar-refractivity contribution in [1.29, 1.82) is 0 Å². The lowest BCUT2D eigenvalue weighted by Crippen LogP contribution is -2.51. The van der Waals surface area contributed by atoms with Gasteiger partial charge in [-0.15, -0.1) is 0 Å². The van der Waals surface area contributed by atoms with Crippen LogP contribution in [-0.4, -0.2) is 68.1 Å². The number of piperazine rings is 1. The van der Waals surface area contributed by atoms with Crippen LogP contribution in [0.2, 0.25) is 0 Å². The van der Waals surface area contributed by atoms with Crippen LogP contribution in [0, 0.1) is 0 Å². The summed E-state index contributed by atoms with van der Waals surface area (Å²) in [6.07, 6.45) is 0.348. The zero-order valence-corrected chi connectivity index (χ0v) is 12.9. The predicted octanol–water partition coefficient (Wildman–Crippen LogP) is 0.773. The number of nitrogens with zero attached hydrogens (tertiary/aromatic N) is 2. The van der Waals surface area contributed by atoms with Crippen LogP contribution in [0.5, 0.6) is 5.75 Å². The van der Waals surface area contributed by atoms with E-state index in [-0.39, 0.29) is 18.4 Å². The van der Waals surface area contributed by atoms with Crippen molar-refractivity contribution in [1.82, 2.24) is 9.80 Å². The summed E-state index contributed by atoms with van der Waals surface area (Å²) in [7, 11) is 1.50. The average molecular weight is 306 g/mol. The first-order valence-electron chi connectivity index (χ1n) is 7.43. The Bertz CT molecular complexity index is 484. The summed E-state index contributed by atoms with van der Waals surface area (Å²) in [5, 5.41) is 0. The van der Waals surface area contributed by atoms with Gasteiger partial charge in [0.2, 0.25) is 11.8 Å². The van der Waals surface area contributed by atoms with Gasteiger partial charge < -0.3 is 19.3 Å². The summed E-state index contributed by atoms with van der Waals surface area (Å²) in [4.78, 5) is 27.3. The Balaban J connectivity index is 1.68. The summed E-state index contributed by atoms with van der Waals surface area (Å²) >= 11 is 0. The number of carbonyl (C=O) groups excluding carboxylic acids is 2. The molecule has 0 aromatic heterocycles. The molecule has 6 heteroatoms. The first-order chi connectivity index (χ1) is 10.7. The van der Waals surface area contributed by atoms with Gasteiger partial charge in [-0.25, -0.2) is 0 Å². The molecule has 22 heavy (non-hydrogen) atoms. The Kier molecular flexibility index (Phi) is 6.21. The van der Waals surface area contributed by atoms with E-state index in [1.54, 1.807) is 9.80 Å². The summed E-state index contributed by atoms with van der Waals surface area (Å²) in [5.74, 6) is 0.807. The minimum absolute atomic E-state index is 0.0259. The van der Waals surface area contributed by atoms with E-state index in [9.17, 15) is 9.59 Å². The van der Waals surface area contributed by atoms with E-state index in [0.29, 0.717) is 39.2 Å². The minimum atomic E-state index is -0.0259. The van der Waals surface area contributed by atoms with Gasteiger partial charge in [0.25, 0.3) is 0 Å². The van der Waals surface area contributed by atoms with Gasteiger partial charge in [0.1, 0.15) is 12.4 Å². The van der Waals surface area contributed by atoms with E-state index in [1.165, 1.54) is 7.11 Å². The Morgan fingerprint density at radius 2 is 1.59 bits per heavy atom. The molecule has 1 saturated heterocycles. The molecule has 0 N–H and O–H groups in total. The fourth-order valence-electron chi connectivity index (χ4n) is 2.35. The van der Waals surface area contributed by atoms with Crippen LogP contribution < -0.4 is 4.74 Å². The molecule has 0 unspecified atom stereocenters. The monoisotopic (exact) mass is 306 g/mol. The highest BCUT2D eigenvalue weighted by Gasteiger charge is 2.23. The van der Waals surface area contributed by atoms with Crippen LogP contribution in [0.3, 0.4) is 0 Å². The molecule has 0 radical (unpaired) electrons. The Morgan fingerprint density at radius 3 is 2.18 bits per heavy atom. The van der Waals surface area contributed by atoms with Crippen molar-refractivity contribution < 1.29 is 19.1 Å². The predicted molar refractivity (Wildman–Crippen MR) is 81.6 cm³/mol. The fourth-order valence-corrected chi connectivity index (χ4v) is 2.35. The normalized spacial score (nSPS) is 14.8. The number of benzene rings is 1. The molecular weight excluding hydrogens is 284 g/mol. The van der Waals surface area contributed by atoms with Crippen molar-refractivity contribution in [2.24, 2.45) is 0 Å². The quantitative estimate of drug-likeness (QED) is 0.779. The third kappa shape index (κ3) is 4.73. The number of rotatable bonds is 6. The summed E-state index contributed by atoms with van der Waals surface area (Å²) in [5.41, 5.74) is 0. The molecule has 1 aromatic rings. The van der Waals surface area contributed by atoms with Gasteiger partial charge in [0.15, 0.2) is 0 Å². The molecule has 2 rings (SSSR count). The van der Waals surface area contributed by atoms with Gasteiger partial charge >= 0.3 is 0 Å². The molecule has 1 aliphatic heterocycles. The Morgan fingerprint density at radius 1 is 1.00 bits per heavy atom. The number of ether oxygens (including phenoxy) is 2. The molecular formula is C16H22N2O4. The molecule has 1 aliphatic rings. The summed E-state index contributed by atoms with van der Waals surface area (Å²) in [6, 6.07) is 9.44. The number of carbonyl (C=O) groups is 2. The number of methoxy groups -OCH3 is 1. The lowest BCUT2D eigenvalue weighted by Gasteiger charge is -2.34. The summed E-state index contributed by atoms with van der Waals surface area (Å²) < 4.78 is 10.4. The van der Waals surface area contributed by atoms with Gasteiger partial charge in [-0.05, 0) is 12.1 Å². The number of para-hydroxylation sites is 1. The standard InChI is InChI=1S/C16H22N2O4/c1-21-13-16(20)18-10-8-17(9-11-18)15(19)7-12-22-14-5-3-2-4-6-14/h2-6H,7-13H2,1H3. The van der Waals surface area contributed by atoms with Crippen LogP contribution in [0.25, 0.3) is 0 Å². The third-order valence-electron chi connectivity index (χ3n) is 3.58. The van der Waals surface area contributed by atoms with Gasteiger partial charge in [-0.3, -0.25) is 9.59 Å². The van der Waals surface area contributed by atoms with Crippen molar-refractivity contribution in [3.8, 4) is 5.75 Å². The molecule has 1 aromatic carbocycles. The smallest absolute Gasteiger partial charge is 0.248 e. The SMILES string of the molecule is COCC(=O)N1CCN(C(=O)CCOc2ccccc2)CC1. The van der Waals surface area contributed by atoms with Gasteiger partial charge in [0.05, 0.1) is 13.0 Å². The fraction of sp³-hybridized carbons (Fsp3) is 0.500. The summed E-state index contributed by atoms with van der Waals surface area (Å²) in [6.45, 7) is 2.73. The molecule has 0 spiro atoms. The van der Waals surface area contributed by atoms with Crippen LogP contribution in [0.4, 0.5) is 0 Å². The lowest BCUT2D eigenvalue weighted by atomic mass is 10.2. The maximum absolute atomic E-state index is 12.1. The number of hydrogen-bond acceptors (Lipinski definition) is 4. The van der Waals surface area contributed by atoms with E-state index >= 15 is 0 Å². The van der Waals surface area contributed by atoms with E-state index in [0.717, 1.165) is 5.75 Å². The third-order valence-corrected chi connectivity index (χ3v) is 3.58. The number of amides is 2. The second kappa shape index (κ2) is 8.38. The van der Waals surface area contributed by atoms with Gasteiger partial charge in [-0.1, -0.05) is 18.2 Å². The maximum Gasteiger partial charge on any atom is 0.248 e. The van der Waals surface area contributed by atoms with Crippen molar-refractivity contribution >= 4 is 11.8 Å². The molecule has 0 saturated carbocycles. The van der Waals surface area contributed by atoms with E-state index in [1.807, 2.05) is 30.3 Å². The highest BCUT2D eigenvalue weighted by molar-refractivity contribution is 5.79. The van der Waals surface area contributed by atoms with Crippen LogP contribution in [0.15, 0.2) is 30.3 Å². The molecule has 0 aliphatic carbocycles. The van der Waals surface area contributed by atoms with Crippen molar-refractivity contribution in [3.63, 3.8) is 0 Å². The maximum atomic E-state index is 12.1. The highest BCUT2D eigenvalue weighted by Crippen LogP contribution is 2.09. The first-order valence-corrected chi connectivity index (χ1v) is 7.43. The largest absolute Gasteiger partial charge is 0.493 e. The molecule has 0 atom stereocenters. The van der Waals surface area contributed by atoms with E-state index in [2.05, 4.69) is 0 Å². The zero-order valence-electron chi connectivity index (χ0n) is 12.9. The first kappa shape index (κ1) is 16.3. The van der Waals surface area contributed by atoms with Gasteiger partial charge in [0, 0.05) is 33.3 Å². The topological polar surface area (TPSA) is 59.1 Å². The molecule has 0 bridgehead atoms. The van der Waals surface area contributed by atoms with Crippen LogP contribution in [0.1, 0.15) is 6.42 Å². The van der Waals surface area contributed by atoms with Crippen LogP contribution >= 0.6 is 0 Å². The van der Waals surface area contributed by atoms with E-state index in [4.69, 9.17) is 9.47 Å². The second-order valence-electron chi connectivity index (χ2n) is 5.11. The highest BCUT2D eigenvalue weighted by atomic mass is 16.5. The molecule has 1 fully saturated rings. The van der Waals surface area contributed by atoms with Gasteiger partial charge in [-0.2, -0.15) is 0 Å². The molecule has 2 amide bonds. The zero-order chi connectivity index (χ0) is 15.8. The molecule has 6 nitrogen and oxygen atoms in total. The van der Waals surface area contributed by atoms with Crippen molar-refractivity contribution in [2.75, 3.05) is 46.5 Å². The van der Waals surface area contributed by atoms with Crippen molar-refractivity contribution in [3.05, 3.63) is 30.3 Å². The minimum Gasteiger partial charge on any atom is -0.493 e. The second-order valence-corrected chi connectivity index (χ2v) is 5.11. The van der Waals surface area contributed by atoms with Crippen LogP contribution in [-0.2, 0) is 14.3 Å². The Labute approximate surface area is 130 Å². The number of hydrogen-bond donors (Lipinski definition) is 0. The Hall–Kier alpha value is -2.08. The average Bonchev–Trinajstić information content (AvgIpc) is 2.56. The van der Waals surface area contributed by atoms with Crippen molar-refractivity contribution in [2.45, 2.75) is 6.42 Å².